The molecule has 4 heterocycles. The molecule has 0 saturated heterocycles. The summed E-state index contributed by atoms with van der Waals surface area (Å²) < 4.78 is 38.2. The number of fused-ring (bicyclic) bond motifs is 7. The summed E-state index contributed by atoms with van der Waals surface area (Å²) in [6.07, 6.45) is 4.04. The van der Waals surface area contributed by atoms with Crippen molar-refractivity contribution in [2.24, 2.45) is 0 Å². The number of aromatic nitrogens is 2. The molecule has 144 valence electrons. The Kier molecular flexibility index (Phi) is 4.01. The summed E-state index contributed by atoms with van der Waals surface area (Å²) in [4.78, 5) is 12.6. The number of benzene rings is 1. The molecular weight excluding hydrogens is 374 g/mol. The van der Waals surface area contributed by atoms with Crippen LogP contribution >= 0.6 is 0 Å². The molecule has 5 rings (SSSR count). The second kappa shape index (κ2) is 6.58. The van der Waals surface area contributed by atoms with Crippen LogP contribution < -0.4 is 9.13 Å². The summed E-state index contributed by atoms with van der Waals surface area (Å²) in [5.74, 6) is -1.99. The van der Waals surface area contributed by atoms with Gasteiger partial charge in [0.15, 0.2) is 12.4 Å². The fraction of sp³-hybridized carbons (Fsp3) is 0.174. The fourth-order valence-corrected chi connectivity index (χ4v) is 4.49. The van der Waals surface area contributed by atoms with Gasteiger partial charge in [0.2, 0.25) is 17.4 Å². The third-order valence-electron chi connectivity index (χ3n) is 5.69. The Balaban J connectivity index is 1.80. The van der Waals surface area contributed by atoms with Crippen molar-refractivity contribution in [3.8, 4) is 11.3 Å². The maximum atomic E-state index is 14.9. The van der Waals surface area contributed by atoms with Crippen LogP contribution in [0.15, 0.2) is 67.5 Å². The number of halogens is 2. The number of rotatable bonds is 0. The molecule has 2 atom stereocenters. The van der Waals surface area contributed by atoms with Crippen LogP contribution in [0.2, 0.25) is 0 Å². The number of hydrogen-bond acceptors (Lipinski definition) is 2. The molecule has 2 aliphatic rings. The van der Waals surface area contributed by atoms with Gasteiger partial charge in [0.05, 0.1) is 18.1 Å². The van der Waals surface area contributed by atoms with Crippen molar-refractivity contribution in [3.63, 3.8) is 0 Å². The van der Waals surface area contributed by atoms with Gasteiger partial charge in [-0.15, -0.1) is 0 Å². The van der Waals surface area contributed by atoms with Gasteiger partial charge in [-0.3, -0.25) is 0 Å². The third kappa shape index (κ3) is 2.67. The molecule has 0 saturated carbocycles. The average Bonchev–Trinajstić information content (AvgIpc) is 2.77. The summed E-state index contributed by atoms with van der Waals surface area (Å²) in [6, 6.07) is 12.7. The standard InChI is InChI=1S/C23H18F2N2O2/c1-14-22-16(8-11-29-23(28)20-7-3-4-9-26(14)20)17-12-15(24)13-18(25)21(17)19-6-2-5-10-27(19)22/h2-7,9-10,12-13,16,22H,1,8,11H2/q+2. The molecule has 0 spiro atoms. The van der Waals surface area contributed by atoms with E-state index in [2.05, 4.69) is 6.58 Å². The van der Waals surface area contributed by atoms with Crippen molar-refractivity contribution in [1.29, 1.82) is 0 Å². The van der Waals surface area contributed by atoms with E-state index in [0.717, 1.165) is 6.07 Å². The van der Waals surface area contributed by atoms with Crippen molar-refractivity contribution < 1.29 is 27.4 Å². The number of esters is 1. The summed E-state index contributed by atoms with van der Waals surface area (Å²) in [5, 5.41) is 0. The lowest BCUT2D eigenvalue weighted by Gasteiger charge is -2.29. The number of pyridine rings is 2. The number of hydrogen-bond donors (Lipinski definition) is 0. The zero-order valence-electron chi connectivity index (χ0n) is 15.5. The van der Waals surface area contributed by atoms with Gasteiger partial charge in [-0.05, 0) is 36.8 Å². The maximum absolute atomic E-state index is 14.9. The van der Waals surface area contributed by atoms with Crippen molar-refractivity contribution in [2.75, 3.05) is 6.61 Å². The number of ether oxygens (including phenoxy) is 1. The van der Waals surface area contributed by atoms with E-state index >= 15 is 0 Å². The topological polar surface area (TPSA) is 34.1 Å². The highest BCUT2D eigenvalue weighted by atomic mass is 19.1. The second-order valence-electron chi connectivity index (χ2n) is 7.27. The predicted molar refractivity (Wildman–Crippen MR) is 101 cm³/mol. The highest BCUT2D eigenvalue weighted by Crippen LogP contribution is 2.44. The van der Waals surface area contributed by atoms with Crippen LogP contribution in [0.25, 0.3) is 17.0 Å². The van der Waals surface area contributed by atoms with Crippen LogP contribution in [0.1, 0.15) is 34.4 Å². The zero-order chi connectivity index (χ0) is 20.1. The van der Waals surface area contributed by atoms with Crippen LogP contribution in [0, 0.1) is 11.6 Å². The SMILES string of the molecule is C=C1C2C(CCOC(=O)c3cccc[n+]31)c1cc(F)cc(F)c1-c1cccc[n+]12. The number of nitrogens with zero attached hydrogens (tertiary/aromatic N) is 2. The molecular formula is C23H18F2N2O2+2. The Labute approximate surface area is 166 Å². The van der Waals surface area contributed by atoms with E-state index in [1.165, 1.54) is 6.07 Å². The van der Waals surface area contributed by atoms with Gasteiger partial charge >= 0.3 is 5.97 Å². The van der Waals surface area contributed by atoms with Gasteiger partial charge in [-0.2, -0.15) is 9.13 Å². The van der Waals surface area contributed by atoms with Crippen LogP contribution in [-0.4, -0.2) is 12.6 Å². The average molecular weight is 392 g/mol. The molecule has 3 aromatic rings. The predicted octanol–water partition coefficient (Wildman–Crippen LogP) is 3.58. The number of carbonyl (C=O) groups excluding carboxylic acids is 1. The molecule has 2 unspecified atom stereocenters. The van der Waals surface area contributed by atoms with Gasteiger partial charge in [-0.25, -0.2) is 13.6 Å². The minimum atomic E-state index is -0.625. The smallest absolute Gasteiger partial charge is 0.404 e. The van der Waals surface area contributed by atoms with Crippen molar-refractivity contribution >= 4 is 11.7 Å². The van der Waals surface area contributed by atoms with Crippen LogP contribution in [0.5, 0.6) is 0 Å². The first-order valence-electron chi connectivity index (χ1n) is 9.42. The fourth-order valence-electron chi connectivity index (χ4n) is 4.49. The molecule has 2 aromatic heterocycles. The normalized spacial score (nSPS) is 20.2. The number of carbonyl (C=O) groups is 1. The Morgan fingerprint density at radius 1 is 1.03 bits per heavy atom. The lowest BCUT2D eigenvalue weighted by atomic mass is 9.79. The summed E-state index contributed by atoms with van der Waals surface area (Å²) >= 11 is 0. The molecule has 29 heavy (non-hydrogen) atoms. The highest BCUT2D eigenvalue weighted by molar-refractivity contribution is 5.86. The molecule has 0 N–H and O–H groups in total. The van der Waals surface area contributed by atoms with Gasteiger partial charge in [0.25, 0.3) is 5.69 Å². The molecule has 0 fully saturated rings. The van der Waals surface area contributed by atoms with E-state index in [4.69, 9.17) is 4.74 Å². The number of cyclic esters (lactones) is 1. The largest absolute Gasteiger partial charge is 0.458 e. The molecule has 0 amide bonds. The highest BCUT2D eigenvalue weighted by Gasteiger charge is 2.48. The zero-order valence-corrected chi connectivity index (χ0v) is 15.5. The van der Waals surface area contributed by atoms with Crippen molar-refractivity contribution in [2.45, 2.75) is 18.4 Å². The van der Waals surface area contributed by atoms with Crippen LogP contribution in [0.4, 0.5) is 8.78 Å². The first-order valence-corrected chi connectivity index (χ1v) is 9.42. The van der Waals surface area contributed by atoms with Crippen molar-refractivity contribution in [1.82, 2.24) is 0 Å². The van der Waals surface area contributed by atoms with E-state index < -0.39 is 17.6 Å². The Morgan fingerprint density at radius 3 is 2.62 bits per heavy atom. The van der Waals surface area contributed by atoms with E-state index in [0.29, 0.717) is 34.6 Å². The summed E-state index contributed by atoms with van der Waals surface area (Å²) in [5.41, 5.74) is 2.59. The molecule has 0 aliphatic carbocycles. The van der Waals surface area contributed by atoms with E-state index in [1.54, 1.807) is 22.9 Å². The quantitative estimate of drug-likeness (QED) is 0.433. The second-order valence-corrected chi connectivity index (χ2v) is 7.27. The Bertz CT molecular complexity index is 1180. The van der Waals surface area contributed by atoms with E-state index in [1.807, 2.05) is 35.0 Å². The summed E-state index contributed by atoms with van der Waals surface area (Å²) in [6.45, 7) is 4.42. The number of allylic oxidation sites excluding steroid dienone is 1. The van der Waals surface area contributed by atoms with Gasteiger partial charge in [0.1, 0.15) is 11.6 Å². The minimum absolute atomic E-state index is 0.141. The van der Waals surface area contributed by atoms with Crippen LogP contribution in [-0.2, 0) is 4.74 Å². The van der Waals surface area contributed by atoms with E-state index in [-0.39, 0.29) is 18.6 Å². The molecule has 0 radical (unpaired) electrons. The summed E-state index contributed by atoms with van der Waals surface area (Å²) in [7, 11) is 0. The Hall–Kier alpha value is -3.41. The lowest BCUT2D eigenvalue weighted by Crippen LogP contribution is -2.54. The first kappa shape index (κ1) is 17.7. The molecule has 4 nitrogen and oxygen atoms in total. The molecule has 1 aromatic carbocycles. The van der Waals surface area contributed by atoms with Gasteiger partial charge in [-0.1, -0.05) is 0 Å². The molecule has 2 aliphatic heterocycles. The van der Waals surface area contributed by atoms with E-state index in [9.17, 15) is 13.6 Å². The minimum Gasteiger partial charge on any atom is -0.458 e. The lowest BCUT2D eigenvalue weighted by molar-refractivity contribution is -0.729. The van der Waals surface area contributed by atoms with Crippen molar-refractivity contribution in [3.05, 3.63) is 90.4 Å². The van der Waals surface area contributed by atoms with Gasteiger partial charge in [0, 0.05) is 30.3 Å². The maximum Gasteiger partial charge on any atom is 0.404 e. The monoisotopic (exact) mass is 392 g/mol. The first-order chi connectivity index (χ1) is 14.1. The Morgan fingerprint density at radius 2 is 1.79 bits per heavy atom. The molecule has 0 bridgehead atoms. The molecule has 6 heteroatoms. The van der Waals surface area contributed by atoms with Gasteiger partial charge < -0.3 is 4.74 Å². The third-order valence-corrected chi connectivity index (χ3v) is 5.69. The van der Waals surface area contributed by atoms with Crippen LogP contribution in [0.3, 0.4) is 0 Å².